The van der Waals surface area contributed by atoms with Crippen LogP contribution in [0.5, 0.6) is 0 Å². The fourth-order valence-electron chi connectivity index (χ4n) is 11.1. The first-order valence-electron chi connectivity index (χ1n) is 27.9. The fraction of sp³-hybridized carbons (Fsp3) is 0.0270. The minimum atomic E-state index is -3.26. The molecule has 9 aromatic carbocycles. The second-order valence-electron chi connectivity index (χ2n) is 20.4. The van der Waals surface area contributed by atoms with Gasteiger partial charge in [0.1, 0.15) is 0 Å². The maximum Gasteiger partial charge on any atom is 0.175 e. The molecule has 15 heteroatoms. The number of hydrogen-bond acceptors (Lipinski definition) is 12. The normalized spacial score (nSPS) is 11.1. The summed E-state index contributed by atoms with van der Waals surface area (Å²) in [6.45, 7) is 0. The minimum Gasteiger partial charge on any atom is -1.00 e. The zero-order valence-corrected chi connectivity index (χ0v) is 52.0. The zero-order chi connectivity index (χ0) is 59.1. The fourth-order valence-corrected chi connectivity index (χ4v) is 12.2. The van der Waals surface area contributed by atoms with Crippen molar-refractivity contribution in [2.45, 2.75) is 9.79 Å². The summed E-state index contributed by atoms with van der Waals surface area (Å²) in [6.07, 6.45) is 12.2. The number of halogens is 1. The van der Waals surface area contributed by atoms with Gasteiger partial charge < -0.3 is 12.4 Å². The first kappa shape index (κ1) is 61.2. The van der Waals surface area contributed by atoms with Crippen molar-refractivity contribution in [2.75, 3.05) is 13.4 Å². The van der Waals surface area contributed by atoms with Crippen LogP contribution in [0.2, 0.25) is 0 Å². The first-order valence-corrected chi connectivity index (χ1v) is 30.6. The van der Waals surface area contributed by atoms with Crippen molar-refractivity contribution in [2.24, 2.45) is 0 Å². The third-order valence-corrected chi connectivity index (χ3v) is 16.9. The molecule has 11 nitrogen and oxygen atoms in total. The third-order valence-electron chi connectivity index (χ3n) is 15.2. The standard InChI is InChI=1S/C26H20N2O5S2.2C24H16N2.ClH.Ru/c1-31-32-33-34-19-7-3-17(4-8-19)21-13-15-27-25-23(21)11-12-24-22(14-16-28-26(24)25)18-5-9-20(10-6-18)35(2,29)30;2*1-3-7-17(8-4-1)19-13-15-25-23-21(19)11-12-22-20(14-16-26-24(22)23)18-9-5-2-6-10-18;;/h3-16H,1-2H3;2*1-16H;1H;/p-1. The van der Waals surface area contributed by atoms with Crippen LogP contribution in [0.25, 0.3) is 132 Å². The van der Waals surface area contributed by atoms with Gasteiger partial charge in [0.25, 0.3) is 0 Å². The van der Waals surface area contributed by atoms with E-state index in [2.05, 4.69) is 185 Å². The molecule has 0 amide bonds. The summed E-state index contributed by atoms with van der Waals surface area (Å²) in [5.41, 5.74) is 18.8. The van der Waals surface area contributed by atoms with Crippen molar-refractivity contribution in [3.8, 4) is 66.8 Å². The molecule has 89 heavy (non-hydrogen) atoms. The van der Waals surface area contributed by atoms with E-state index in [9.17, 15) is 8.42 Å². The van der Waals surface area contributed by atoms with Crippen molar-refractivity contribution in [3.63, 3.8) is 0 Å². The predicted octanol–water partition coefficient (Wildman–Crippen LogP) is 15.3. The Morgan fingerprint density at radius 1 is 0.315 bits per heavy atom. The summed E-state index contributed by atoms with van der Waals surface area (Å²) in [6, 6.07) is 81.5. The van der Waals surface area contributed by atoms with E-state index in [1.54, 1.807) is 24.5 Å². The minimum absolute atomic E-state index is 0. The van der Waals surface area contributed by atoms with Gasteiger partial charge in [-0.05, 0) is 127 Å². The van der Waals surface area contributed by atoms with Crippen LogP contribution in [0.15, 0.2) is 290 Å². The van der Waals surface area contributed by atoms with Gasteiger partial charge in [-0.3, -0.25) is 29.9 Å². The summed E-state index contributed by atoms with van der Waals surface area (Å²) in [5.74, 6) is 0. The number of sulfone groups is 1. The van der Waals surface area contributed by atoms with E-state index in [0.29, 0.717) is 4.90 Å². The van der Waals surface area contributed by atoms with Crippen molar-refractivity contribution in [1.29, 1.82) is 0 Å². The summed E-state index contributed by atoms with van der Waals surface area (Å²) < 4.78 is 28.5. The van der Waals surface area contributed by atoms with Crippen LogP contribution in [-0.2, 0) is 43.6 Å². The SMILES string of the molecule is COOOSc1ccc(-c2ccnc3c2ccc2c(-c4ccc(S(C)(=O)=O)cc4)ccnc23)cc1.[Cl-].[Ru].c1ccc(-c2ccnc3c2ccc2c(-c4ccccc4)ccnc23)cc1.c1ccc(-c2ccnc3c2ccc2c(-c4ccccc4)ccnc23)cc1. The average Bonchev–Trinajstić information content (AvgIpc) is 1.44. The average molecular weight is 1310 g/mol. The van der Waals surface area contributed by atoms with Gasteiger partial charge in [-0.2, -0.15) is 0 Å². The molecular formula is C74H52ClN6O5RuS2-. The summed E-state index contributed by atoms with van der Waals surface area (Å²) in [4.78, 5) is 33.5. The Labute approximate surface area is 537 Å². The van der Waals surface area contributed by atoms with Crippen LogP contribution < -0.4 is 12.4 Å². The van der Waals surface area contributed by atoms with Crippen LogP contribution in [-0.4, -0.2) is 51.7 Å². The molecule has 436 valence electrons. The Hall–Kier alpha value is -9.47. The second-order valence-corrected chi connectivity index (χ2v) is 23.2. The van der Waals surface area contributed by atoms with E-state index in [0.717, 1.165) is 105 Å². The zero-order valence-electron chi connectivity index (χ0n) is 47.8. The van der Waals surface area contributed by atoms with E-state index in [-0.39, 0.29) is 31.9 Å². The number of rotatable bonds is 11. The van der Waals surface area contributed by atoms with Gasteiger partial charge in [0.2, 0.25) is 0 Å². The monoisotopic (exact) mass is 1310 g/mol. The molecule has 6 heterocycles. The summed E-state index contributed by atoms with van der Waals surface area (Å²) >= 11 is 1.05. The summed E-state index contributed by atoms with van der Waals surface area (Å²) in [7, 11) is -1.89. The molecule has 0 bridgehead atoms. The molecule has 0 radical (unpaired) electrons. The molecule has 0 aliphatic rings. The van der Waals surface area contributed by atoms with Crippen molar-refractivity contribution in [1.82, 2.24) is 29.9 Å². The Balaban J connectivity index is 0.000000138. The van der Waals surface area contributed by atoms with Crippen LogP contribution in [0, 0.1) is 0 Å². The number of benzene rings is 9. The largest absolute Gasteiger partial charge is 1.00 e. The van der Waals surface area contributed by atoms with Crippen LogP contribution in [0.1, 0.15) is 0 Å². The molecule has 15 aromatic rings. The van der Waals surface area contributed by atoms with E-state index in [4.69, 9.17) is 4.33 Å². The van der Waals surface area contributed by atoms with Gasteiger partial charge in [0.15, 0.2) is 9.84 Å². The molecule has 6 aromatic heterocycles. The Morgan fingerprint density at radius 3 is 0.787 bits per heavy atom. The molecule has 0 spiro atoms. The molecular weight excluding hydrogens is 1250 g/mol. The van der Waals surface area contributed by atoms with Gasteiger partial charge in [-0.1, -0.05) is 187 Å². The van der Waals surface area contributed by atoms with E-state index < -0.39 is 9.84 Å². The quantitative estimate of drug-likeness (QED) is 0.0304. The Bertz CT molecular complexity index is 4690. The van der Waals surface area contributed by atoms with E-state index >= 15 is 0 Å². The Morgan fingerprint density at radius 2 is 0.551 bits per heavy atom. The molecule has 0 saturated heterocycles. The molecule has 0 atom stereocenters. The molecule has 0 fully saturated rings. The van der Waals surface area contributed by atoms with Crippen LogP contribution in [0.3, 0.4) is 0 Å². The molecule has 15 rings (SSSR count). The smallest absolute Gasteiger partial charge is 0.175 e. The van der Waals surface area contributed by atoms with Gasteiger partial charge in [0.05, 0.1) is 57.1 Å². The van der Waals surface area contributed by atoms with Crippen molar-refractivity contribution < 1.29 is 54.6 Å². The maximum absolute atomic E-state index is 11.8. The van der Waals surface area contributed by atoms with Crippen molar-refractivity contribution in [3.05, 3.63) is 280 Å². The number of nitrogens with zero attached hydrogens (tertiary/aromatic N) is 6. The van der Waals surface area contributed by atoms with Crippen LogP contribution in [0.4, 0.5) is 0 Å². The van der Waals surface area contributed by atoms with Gasteiger partial charge in [0, 0.05) is 100 Å². The molecule has 0 aliphatic heterocycles. The molecule has 0 aliphatic carbocycles. The van der Waals surface area contributed by atoms with Gasteiger partial charge >= 0.3 is 0 Å². The number of hydrogen-bond donors (Lipinski definition) is 0. The topological polar surface area (TPSA) is 139 Å². The number of aromatic nitrogens is 6. The van der Waals surface area contributed by atoms with E-state index in [1.807, 2.05) is 110 Å². The van der Waals surface area contributed by atoms with Crippen LogP contribution >= 0.6 is 12.0 Å². The van der Waals surface area contributed by atoms with Gasteiger partial charge in [-0.25, -0.2) is 13.3 Å². The van der Waals surface area contributed by atoms with Crippen molar-refractivity contribution >= 4 is 87.3 Å². The third kappa shape index (κ3) is 12.9. The molecule has 0 N–H and O–H groups in total. The summed E-state index contributed by atoms with van der Waals surface area (Å²) in [5, 5.41) is 10.9. The predicted molar refractivity (Wildman–Crippen MR) is 352 cm³/mol. The van der Waals surface area contributed by atoms with Gasteiger partial charge in [-0.15, -0.1) is 4.33 Å². The number of pyridine rings is 6. The van der Waals surface area contributed by atoms with E-state index in [1.165, 1.54) is 57.9 Å². The molecule has 0 unspecified atom stereocenters. The first-order chi connectivity index (χ1) is 42.8. The maximum atomic E-state index is 11.8. The molecule has 0 saturated carbocycles. The second kappa shape index (κ2) is 27.7. The Kier molecular flexibility index (Phi) is 19.0. The number of fused-ring (bicyclic) bond motifs is 9.